The van der Waals surface area contributed by atoms with Crippen LogP contribution in [-0.4, -0.2) is 87.1 Å². The normalized spacial score (nSPS) is 14.5. The molecule has 8 N–H and O–H groups in total. The quantitative estimate of drug-likeness (QED) is 0.133. The Bertz CT molecular complexity index is 732. The van der Waals surface area contributed by atoms with E-state index >= 15 is 0 Å². The topological polar surface area (TPSA) is 225 Å². The second kappa shape index (κ2) is 15.1. The maximum Gasteiger partial charge on any atom is 0.326 e. The lowest BCUT2D eigenvalue weighted by atomic mass is 10.0. The molecule has 0 aromatic heterocycles. The average Bonchev–Trinajstić information content (AvgIpc) is 2.68. The van der Waals surface area contributed by atoms with E-state index in [0.29, 0.717) is 5.75 Å². The lowest BCUT2D eigenvalue weighted by Crippen LogP contribution is -2.57. The highest BCUT2D eigenvalue weighted by molar-refractivity contribution is 7.98. The fourth-order valence-corrected chi connectivity index (χ4v) is 3.16. The SMILES string of the molecule is CSCCC(NC(=O)C(CC(=O)O)NC(=O)C(N)CC(=O)O)C(=O)NC(CC(C)C)C(=O)O. The van der Waals surface area contributed by atoms with Gasteiger partial charge in [0.05, 0.1) is 18.9 Å². The van der Waals surface area contributed by atoms with Gasteiger partial charge in [-0.15, -0.1) is 0 Å². The number of hydrogen-bond donors (Lipinski definition) is 7. The van der Waals surface area contributed by atoms with E-state index in [1.165, 1.54) is 11.8 Å². The van der Waals surface area contributed by atoms with Crippen LogP contribution in [0.1, 0.15) is 39.5 Å². The number of rotatable bonds is 16. The van der Waals surface area contributed by atoms with Crippen LogP contribution in [0.4, 0.5) is 0 Å². The number of carboxylic acids is 3. The van der Waals surface area contributed by atoms with Crippen molar-refractivity contribution in [2.75, 3.05) is 12.0 Å². The van der Waals surface area contributed by atoms with Crippen LogP contribution >= 0.6 is 11.8 Å². The molecule has 0 aliphatic rings. The highest BCUT2D eigenvalue weighted by atomic mass is 32.2. The van der Waals surface area contributed by atoms with E-state index in [-0.39, 0.29) is 18.8 Å². The van der Waals surface area contributed by atoms with E-state index in [2.05, 4.69) is 16.0 Å². The first-order valence-electron chi connectivity index (χ1n) is 10.1. The summed E-state index contributed by atoms with van der Waals surface area (Å²) in [5.74, 6) is -6.48. The molecule has 0 aromatic rings. The van der Waals surface area contributed by atoms with Crippen LogP contribution in [0, 0.1) is 5.92 Å². The molecule has 0 radical (unpaired) electrons. The summed E-state index contributed by atoms with van der Waals surface area (Å²) in [6.07, 6.45) is 0.438. The molecular weight excluding hydrogens is 460 g/mol. The summed E-state index contributed by atoms with van der Waals surface area (Å²) in [5.41, 5.74) is 5.44. The predicted molar refractivity (Wildman–Crippen MR) is 118 cm³/mol. The first-order valence-corrected chi connectivity index (χ1v) is 11.5. The van der Waals surface area contributed by atoms with E-state index < -0.39 is 72.6 Å². The number of carboxylic acid groups (broad SMARTS) is 3. The number of nitrogens with two attached hydrogens (primary N) is 1. The number of hydrogen-bond acceptors (Lipinski definition) is 8. The lowest BCUT2D eigenvalue weighted by Gasteiger charge is -2.25. The zero-order chi connectivity index (χ0) is 25.7. The van der Waals surface area contributed by atoms with E-state index in [1.807, 2.05) is 0 Å². The highest BCUT2D eigenvalue weighted by Gasteiger charge is 2.31. The number of nitrogens with one attached hydrogen (secondary N) is 3. The molecule has 0 saturated heterocycles. The molecule has 0 fully saturated rings. The second-order valence-corrected chi connectivity index (χ2v) is 8.72. The van der Waals surface area contributed by atoms with Crippen molar-refractivity contribution < 1.29 is 44.1 Å². The molecule has 0 saturated carbocycles. The summed E-state index contributed by atoms with van der Waals surface area (Å²) in [4.78, 5) is 70.8. The van der Waals surface area contributed by atoms with Crippen LogP contribution < -0.4 is 21.7 Å². The molecule has 0 bridgehead atoms. The Morgan fingerprint density at radius 2 is 1.27 bits per heavy atom. The standard InChI is InChI=1S/C19H32N4O9S/c1-9(2)6-13(19(31)32)23-17(29)11(4-5-33-3)21-18(30)12(8-15(26)27)22-16(28)10(20)7-14(24)25/h9-13H,4-8,20H2,1-3H3,(H,21,30)(H,22,28)(H,23,29)(H,24,25)(H,26,27)(H,31,32). The molecule has 0 aliphatic heterocycles. The van der Waals surface area contributed by atoms with Crippen LogP contribution in [0.5, 0.6) is 0 Å². The van der Waals surface area contributed by atoms with Gasteiger partial charge in [-0.2, -0.15) is 11.8 Å². The monoisotopic (exact) mass is 492 g/mol. The molecule has 4 unspecified atom stereocenters. The first-order chi connectivity index (χ1) is 15.3. The Hall–Kier alpha value is -2.87. The smallest absolute Gasteiger partial charge is 0.326 e. The van der Waals surface area contributed by atoms with Crippen molar-refractivity contribution in [1.82, 2.24) is 16.0 Å². The van der Waals surface area contributed by atoms with E-state index in [9.17, 15) is 33.9 Å². The summed E-state index contributed by atoms with van der Waals surface area (Å²) in [5, 5.41) is 33.9. The average molecular weight is 493 g/mol. The predicted octanol–water partition coefficient (Wildman–Crippen LogP) is -1.40. The third kappa shape index (κ3) is 12.7. The Balaban J connectivity index is 5.49. The maximum atomic E-state index is 12.7. The molecular formula is C19H32N4O9S. The summed E-state index contributed by atoms with van der Waals surface area (Å²) in [6, 6.07) is -5.53. The minimum absolute atomic E-state index is 0.0317. The van der Waals surface area contributed by atoms with Crippen LogP contribution in [0.25, 0.3) is 0 Å². The van der Waals surface area contributed by atoms with Gasteiger partial charge in [0.1, 0.15) is 18.1 Å². The summed E-state index contributed by atoms with van der Waals surface area (Å²) >= 11 is 1.37. The van der Waals surface area contributed by atoms with Gasteiger partial charge in [0.15, 0.2) is 0 Å². The largest absolute Gasteiger partial charge is 0.481 e. The molecule has 13 nitrogen and oxygen atoms in total. The summed E-state index contributed by atoms with van der Waals surface area (Å²) in [6.45, 7) is 3.56. The molecule has 33 heavy (non-hydrogen) atoms. The van der Waals surface area contributed by atoms with Crippen LogP contribution in [0.3, 0.4) is 0 Å². The summed E-state index contributed by atoms with van der Waals surface area (Å²) < 4.78 is 0. The Kier molecular flexibility index (Phi) is 13.7. The minimum Gasteiger partial charge on any atom is -0.481 e. The fraction of sp³-hybridized carbons (Fsp3) is 0.684. The fourth-order valence-electron chi connectivity index (χ4n) is 2.69. The van der Waals surface area contributed by atoms with Gasteiger partial charge in [-0.05, 0) is 30.8 Å². The number of carbonyl (C=O) groups is 6. The minimum atomic E-state index is -1.63. The van der Waals surface area contributed by atoms with Crippen molar-refractivity contribution in [2.24, 2.45) is 11.7 Å². The molecule has 4 atom stereocenters. The lowest BCUT2D eigenvalue weighted by molar-refractivity contribution is -0.143. The van der Waals surface area contributed by atoms with Gasteiger partial charge in [-0.1, -0.05) is 13.8 Å². The molecule has 0 rings (SSSR count). The third-order valence-corrected chi connectivity index (χ3v) is 4.95. The van der Waals surface area contributed by atoms with Crippen molar-refractivity contribution in [1.29, 1.82) is 0 Å². The zero-order valence-electron chi connectivity index (χ0n) is 18.7. The van der Waals surface area contributed by atoms with Crippen LogP contribution in [0.2, 0.25) is 0 Å². The molecule has 0 heterocycles. The molecule has 14 heteroatoms. The third-order valence-electron chi connectivity index (χ3n) is 4.31. The van der Waals surface area contributed by atoms with Crippen molar-refractivity contribution in [3.05, 3.63) is 0 Å². The van der Waals surface area contributed by atoms with E-state index in [1.54, 1.807) is 20.1 Å². The first kappa shape index (κ1) is 30.1. The van der Waals surface area contributed by atoms with Gasteiger partial charge in [0.2, 0.25) is 17.7 Å². The second-order valence-electron chi connectivity index (χ2n) is 7.74. The van der Waals surface area contributed by atoms with Crippen LogP contribution in [0.15, 0.2) is 0 Å². The van der Waals surface area contributed by atoms with Gasteiger partial charge >= 0.3 is 17.9 Å². The Labute approximate surface area is 195 Å². The van der Waals surface area contributed by atoms with Gasteiger partial charge in [-0.25, -0.2) is 4.79 Å². The van der Waals surface area contributed by atoms with E-state index in [0.717, 1.165) is 0 Å². The maximum absolute atomic E-state index is 12.7. The Morgan fingerprint density at radius 3 is 1.73 bits per heavy atom. The number of carbonyl (C=O) groups excluding carboxylic acids is 3. The number of aliphatic carboxylic acids is 3. The highest BCUT2D eigenvalue weighted by Crippen LogP contribution is 2.08. The number of thioether (sulfide) groups is 1. The molecule has 0 aliphatic carbocycles. The van der Waals surface area contributed by atoms with Crippen molar-refractivity contribution in [3.63, 3.8) is 0 Å². The van der Waals surface area contributed by atoms with Crippen molar-refractivity contribution in [2.45, 2.75) is 63.7 Å². The molecule has 188 valence electrons. The molecule has 0 spiro atoms. The Morgan fingerprint density at radius 1 is 0.788 bits per heavy atom. The number of amides is 3. The molecule has 0 aromatic carbocycles. The summed E-state index contributed by atoms with van der Waals surface area (Å²) in [7, 11) is 0. The van der Waals surface area contributed by atoms with Gasteiger partial charge in [0, 0.05) is 0 Å². The van der Waals surface area contributed by atoms with E-state index in [4.69, 9.17) is 15.9 Å². The van der Waals surface area contributed by atoms with Gasteiger partial charge < -0.3 is 37.0 Å². The van der Waals surface area contributed by atoms with Crippen molar-refractivity contribution in [3.8, 4) is 0 Å². The zero-order valence-corrected chi connectivity index (χ0v) is 19.5. The van der Waals surface area contributed by atoms with Crippen molar-refractivity contribution >= 4 is 47.4 Å². The van der Waals surface area contributed by atoms with Gasteiger partial charge in [-0.3, -0.25) is 24.0 Å². The molecule has 3 amide bonds. The van der Waals surface area contributed by atoms with Crippen LogP contribution in [-0.2, 0) is 28.8 Å². The van der Waals surface area contributed by atoms with Gasteiger partial charge in [0.25, 0.3) is 0 Å².